The van der Waals surface area contributed by atoms with Gasteiger partial charge in [-0.2, -0.15) is 23.5 Å². The summed E-state index contributed by atoms with van der Waals surface area (Å²) in [5.74, 6) is -0.732. The van der Waals surface area contributed by atoms with Crippen molar-refractivity contribution in [3.63, 3.8) is 0 Å². The summed E-state index contributed by atoms with van der Waals surface area (Å²) in [7, 11) is 0. The molecule has 0 bridgehead atoms. The normalized spacial score (nSPS) is 12.5. The minimum atomic E-state index is -0.989. The van der Waals surface area contributed by atoms with Crippen LogP contribution in [0.5, 0.6) is 0 Å². The number of hydrogen-bond donors (Lipinski definition) is 6. The van der Waals surface area contributed by atoms with E-state index in [0.29, 0.717) is 37.3 Å². The highest BCUT2D eigenvalue weighted by Crippen LogP contribution is 2.19. The SMILES string of the molecule is CSCC[C@H](NC(=O)[C@H](CCCN=C(N)N)NC(=O)[C@@H](CSC)NC(=O)Cc1ccc(-c2ccccc2)cc1)C(=O)NCCc1ccccc1. The van der Waals surface area contributed by atoms with Crippen LogP contribution >= 0.6 is 23.5 Å². The Morgan fingerprint density at radius 2 is 1.28 bits per heavy atom. The number of hydrogen-bond acceptors (Lipinski definition) is 7. The molecule has 8 N–H and O–H groups in total. The summed E-state index contributed by atoms with van der Waals surface area (Å²) < 4.78 is 0. The lowest BCUT2D eigenvalue weighted by Gasteiger charge is -2.25. The summed E-state index contributed by atoms with van der Waals surface area (Å²) in [4.78, 5) is 57.5. The number of thioether (sulfide) groups is 2. The number of carbonyl (C=O) groups excluding carboxylic acids is 4. The number of benzene rings is 3. The van der Waals surface area contributed by atoms with Gasteiger partial charge in [0.05, 0.1) is 6.42 Å². The zero-order valence-electron chi connectivity index (χ0n) is 28.7. The summed E-state index contributed by atoms with van der Waals surface area (Å²) in [6.45, 7) is 0.673. The lowest BCUT2D eigenvalue weighted by molar-refractivity contribution is -0.133. The fourth-order valence-electron chi connectivity index (χ4n) is 5.15. The standard InChI is InChI=1S/C37H49N7O4S2/c1-49-23-20-31(34(46)40-22-19-26-10-5-3-6-11-26)44-35(47)30(14-9-21-41-37(38)39)43-36(48)32(25-50-2)42-33(45)24-27-15-17-29(18-16-27)28-12-7-4-8-13-28/h3-8,10-13,15-18,30-32H,9,14,19-25H2,1-2H3,(H,40,46)(H,42,45)(H,43,48)(H,44,47)(H4,38,39,41)/t30-,31-,32+/m0/s1. The predicted molar refractivity (Wildman–Crippen MR) is 206 cm³/mol. The number of nitrogens with two attached hydrogens (primary N) is 2. The van der Waals surface area contributed by atoms with Crippen LogP contribution in [0, 0.1) is 0 Å². The first kappa shape index (κ1) is 39.9. The van der Waals surface area contributed by atoms with Crippen molar-refractivity contribution in [3.8, 4) is 11.1 Å². The molecule has 3 atom stereocenters. The molecular weight excluding hydrogens is 671 g/mol. The molecule has 0 saturated carbocycles. The molecule has 0 radical (unpaired) electrons. The van der Waals surface area contributed by atoms with Gasteiger partial charge in [-0.15, -0.1) is 0 Å². The van der Waals surface area contributed by atoms with Crippen molar-refractivity contribution in [1.82, 2.24) is 21.3 Å². The molecule has 4 amide bonds. The second kappa shape index (κ2) is 22.3. The van der Waals surface area contributed by atoms with Crippen LogP contribution in [-0.2, 0) is 32.0 Å². The third-order valence-electron chi connectivity index (χ3n) is 7.79. The Morgan fingerprint density at radius 1 is 0.680 bits per heavy atom. The molecule has 50 heavy (non-hydrogen) atoms. The Kier molecular flexibility index (Phi) is 17.8. The van der Waals surface area contributed by atoms with Gasteiger partial charge >= 0.3 is 0 Å². The summed E-state index contributed by atoms with van der Waals surface area (Å²) >= 11 is 2.97. The van der Waals surface area contributed by atoms with E-state index >= 15 is 0 Å². The topological polar surface area (TPSA) is 181 Å². The largest absolute Gasteiger partial charge is 0.370 e. The maximum absolute atomic E-state index is 13.7. The van der Waals surface area contributed by atoms with Crippen molar-refractivity contribution in [2.24, 2.45) is 16.5 Å². The highest BCUT2D eigenvalue weighted by Gasteiger charge is 2.29. The molecule has 3 aromatic carbocycles. The van der Waals surface area contributed by atoms with Gasteiger partial charge < -0.3 is 32.7 Å². The number of nitrogens with one attached hydrogen (secondary N) is 4. The number of rotatable bonds is 21. The average Bonchev–Trinajstić information content (AvgIpc) is 3.12. The van der Waals surface area contributed by atoms with Gasteiger partial charge in [0, 0.05) is 18.8 Å². The number of amides is 4. The zero-order valence-corrected chi connectivity index (χ0v) is 30.4. The van der Waals surface area contributed by atoms with E-state index in [2.05, 4.69) is 26.3 Å². The highest BCUT2D eigenvalue weighted by molar-refractivity contribution is 7.98. The Labute approximate surface area is 303 Å². The first-order chi connectivity index (χ1) is 24.2. The number of aliphatic imine (C=N–C) groups is 1. The molecule has 0 fully saturated rings. The van der Waals surface area contributed by atoms with Crippen LogP contribution in [0.25, 0.3) is 11.1 Å². The minimum Gasteiger partial charge on any atom is -0.370 e. The maximum Gasteiger partial charge on any atom is 0.244 e. The van der Waals surface area contributed by atoms with Crippen molar-refractivity contribution < 1.29 is 19.2 Å². The highest BCUT2D eigenvalue weighted by atomic mass is 32.2. The Hall–Kier alpha value is -4.49. The van der Waals surface area contributed by atoms with Crippen LogP contribution in [0.4, 0.5) is 0 Å². The zero-order chi connectivity index (χ0) is 36.1. The molecular formula is C37H49N7O4S2. The van der Waals surface area contributed by atoms with Crippen LogP contribution in [0.3, 0.4) is 0 Å². The molecule has 0 aliphatic rings. The third kappa shape index (κ3) is 14.6. The Balaban J connectivity index is 1.65. The molecule has 0 heterocycles. The second-order valence-corrected chi connectivity index (χ2v) is 13.6. The summed E-state index contributed by atoms with van der Waals surface area (Å²) in [6.07, 6.45) is 5.53. The van der Waals surface area contributed by atoms with E-state index in [1.54, 1.807) is 11.8 Å². The fraction of sp³-hybridized carbons (Fsp3) is 0.378. The Morgan fingerprint density at radius 3 is 1.90 bits per heavy atom. The van der Waals surface area contributed by atoms with E-state index in [9.17, 15) is 19.2 Å². The van der Waals surface area contributed by atoms with E-state index in [1.165, 1.54) is 11.8 Å². The van der Waals surface area contributed by atoms with Crippen molar-refractivity contribution >= 4 is 53.1 Å². The number of carbonyl (C=O) groups is 4. The van der Waals surface area contributed by atoms with Crippen LogP contribution in [0.1, 0.15) is 30.4 Å². The molecule has 0 saturated heterocycles. The van der Waals surface area contributed by atoms with E-state index in [1.807, 2.05) is 97.4 Å². The number of guanidine groups is 1. The molecule has 0 aliphatic carbocycles. The van der Waals surface area contributed by atoms with Gasteiger partial charge in [0.25, 0.3) is 0 Å². The van der Waals surface area contributed by atoms with Gasteiger partial charge in [-0.3, -0.25) is 24.2 Å². The molecule has 11 nitrogen and oxygen atoms in total. The van der Waals surface area contributed by atoms with Crippen molar-refractivity contribution in [1.29, 1.82) is 0 Å². The molecule has 268 valence electrons. The van der Waals surface area contributed by atoms with Gasteiger partial charge in [-0.1, -0.05) is 84.9 Å². The quantitative estimate of drug-likeness (QED) is 0.0553. The first-order valence-corrected chi connectivity index (χ1v) is 19.4. The number of nitrogens with zero attached hydrogens (tertiary/aromatic N) is 1. The third-order valence-corrected chi connectivity index (χ3v) is 9.10. The fourth-order valence-corrected chi connectivity index (χ4v) is 6.18. The van der Waals surface area contributed by atoms with Gasteiger partial charge in [0.15, 0.2) is 5.96 Å². The lowest BCUT2D eigenvalue weighted by atomic mass is 10.0. The van der Waals surface area contributed by atoms with Gasteiger partial charge in [-0.25, -0.2) is 0 Å². The summed E-state index contributed by atoms with van der Waals surface area (Å²) in [5.41, 5.74) is 15.0. The maximum atomic E-state index is 13.7. The molecule has 0 spiro atoms. The first-order valence-electron chi connectivity index (χ1n) is 16.6. The van der Waals surface area contributed by atoms with Crippen LogP contribution in [-0.4, -0.2) is 84.8 Å². The lowest BCUT2D eigenvalue weighted by Crippen LogP contribution is -2.57. The van der Waals surface area contributed by atoms with Crippen LogP contribution < -0.4 is 32.7 Å². The van der Waals surface area contributed by atoms with Crippen molar-refractivity contribution in [3.05, 3.63) is 96.1 Å². The van der Waals surface area contributed by atoms with E-state index < -0.39 is 29.9 Å². The molecule has 0 aliphatic heterocycles. The second-order valence-electron chi connectivity index (χ2n) is 11.7. The van der Waals surface area contributed by atoms with E-state index in [0.717, 1.165) is 22.3 Å². The molecule has 3 aromatic rings. The van der Waals surface area contributed by atoms with Crippen molar-refractivity contribution in [2.75, 3.05) is 37.1 Å². The summed E-state index contributed by atoms with van der Waals surface area (Å²) in [5, 5.41) is 11.5. The van der Waals surface area contributed by atoms with Crippen molar-refractivity contribution in [2.45, 2.75) is 50.2 Å². The minimum absolute atomic E-state index is 0.0724. The molecule has 13 heteroatoms. The van der Waals surface area contributed by atoms with Gasteiger partial charge in [-0.05, 0) is 66.2 Å². The van der Waals surface area contributed by atoms with Crippen LogP contribution in [0.2, 0.25) is 0 Å². The molecule has 0 unspecified atom stereocenters. The molecule has 3 rings (SSSR count). The van der Waals surface area contributed by atoms with E-state index in [-0.39, 0.29) is 37.2 Å². The summed E-state index contributed by atoms with van der Waals surface area (Å²) in [6, 6.07) is 24.8. The van der Waals surface area contributed by atoms with Gasteiger partial charge in [0.2, 0.25) is 23.6 Å². The van der Waals surface area contributed by atoms with Crippen LogP contribution in [0.15, 0.2) is 89.9 Å². The Bertz CT molecular complexity index is 1520. The van der Waals surface area contributed by atoms with E-state index in [4.69, 9.17) is 11.5 Å². The predicted octanol–water partition coefficient (Wildman–Crippen LogP) is 2.88. The smallest absolute Gasteiger partial charge is 0.244 e. The monoisotopic (exact) mass is 719 g/mol. The van der Waals surface area contributed by atoms with Gasteiger partial charge in [0.1, 0.15) is 18.1 Å². The average molecular weight is 720 g/mol. The molecule has 0 aromatic heterocycles.